The second kappa shape index (κ2) is 9.90. The van der Waals surface area contributed by atoms with Gasteiger partial charge in [0.1, 0.15) is 5.69 Å². The Labute approximate surface area is 217 Å². The molecule has 1 aliphatic heterocycles. The molecule has 0 unspecified atom stereocenters. The van der Waals surface area contributed by atoms with Crippen LogP contribution in [0.15, 0.2) is 78.2 Å². The average molecular weight is 512 g/mol. The maximum Gasteiger partial charge on any atom is 0.404 e. The van der Waals surface area contributed by atoms with Gasteiger partial charge in [0.05, 0.1) is 18.8 Å². The lowest BCUT2D eigenvalue weighted by Crippen LogP contribution is -2.34. The minimum atomic E-state index is -1.06. The van der Waals surface area contributed by atoms with Gasteiger partial charge in [0.25, 0.3) is 0 Å². The van der Waals surface area contributed by atoms with Crippen molar-refractivity contribution in [3.05, 3.63) is 84.0 Å². The molecule has 2 N–H and O–H groups in total. The van der Waals surface area contributed by atoms with Crippen molar-refractivity contribution in [2.45, 2.75) is 19.6 Å². The van der Waals surface area contributed by atoms with Crippen LogP contribution in [-0.4, -0.2) is 48.8 Å². The van der Waals surface area contributed by atoms with E-state index in [0.29, 0.717) is 13.1 Å². The molecule has 3 aromatic heterocycles. The van der Waals surface area contributed by atoms with Crippen LogP contribution >= 0.6 is 11.3 Å². The second-order valence-corrected chi connectivity index (χ2v) is 9.72. The Morgan fingerprint density at radius 3 is 2.57 bits per heavy atom. The van der Waals surface area contributed by atoms with E-state index in [-0.39, 0.29) is 6.54 Å². The number of hydrogen-bond acceptors (Lipinski definition) is 6. The van der Waals surface area contributed by atoms with Crippen LogP contribution in [0.5, 0.6) is 0 Å². The van der Waals surface area contributed by atoms with E-state index in [1.165, 1.54) is 10.4 Å². The first kappa shape index (κ1) is 23.0. The fourth-order valence-electron chi connectivity index (χ4n) is 4.63. The van der Waals surface area contributed by atoms with Crippen LogP contribution in [0.2, 0.25) is 0 Å². The highest BCUT2D eigenvalue weighted by atomic mass is 32.1. The third kappa shape index (κ3) is 4.70. The average Bonchev–Trinajstić information content (AvgIpc) is 3.69. The van der Waals surface area contributed by atoms with Crippen molar-refractivity contribution in [2.75, 3.05) is 18.0 Å². The Kier molecular flexibility index (Phi) is 6.15. The summed E-state index contributed by atoms with van der Waals surface area (Å²) in [6.07, 6.45) is -1.06. The number of carboxylic acid groups (broad SMARTS) is 1. The van der Waals surface area contributed by atoms with Crippen molar-refractivity contribution in [2.24, 2.45) is 0 Å². The number of nitrogens with zero attached hydrogens (tertiary/aromatic N) is 6. The van der Waals surface area contributed by atoms with E-state index in [1.54, 1.807) is 11.3 Å². The quantitative estimate of drug-likeness (QED) is 0.325. The first-order valence-electron chi connectivity index (χ1n) is 12.1. The summed E-state index contributed by atoms with van der Waals surface area (Å²) in [5, 5.41) is 27.3. The Bertz CT molecular complexity index is 1510. The molecule has 10 heteroatoms. The monoisotopic (exact) mass is 511 g/mol. The third-order valence-electron chi connectivity index (χ3n) is 6.47. The molecule has 0 saturated carbocycles. The zero-order chi connectivity index (χ0) is 25.2. The molecule has 37 heavy (non-hydrogen) atoms. The molecule has 2 aromatic carbocycles. The largest absolute Gasteiger partial charge is 0.465 e. The molecule has 0 atom stereocenters. The summed E-state index contributed by atoms with van der Waals surface area (Å²) in [7, 11) is 0. The van der Waals surface area contributed by atoms with Gasteiger partial charge in [0, 0.05) is 35.8 Å². The number of carbonyl (C=O) groups is 1. The molecule has 0 bridgehead atoms. The lowest BCUT2D eigenvalue weighted by molar-refractivity contribution is 0.194. The Balaban J connectivity index is 1.26. The lowest BCUT2D eigenvalue weighted by Gasteiger charge is -2.29. The molecule has 0 radical (unpaired) electrons. The van der Waals surface area contributed by atoms with Crippen LogP contribution in [0.1, 0.15) is 5.82 Å². The van der Waals surface area contributed by atoms with Crippen molar-refractivity contribution in [1.82, 2.24) is 29.9 Å². The standard InChI is InChI=1S/C27H25N7O2S/c35-27(36)28-12-13-34-23(17-22(31-34)19-5-2-1-3-6-19)26-30-29-25-18-32(14-15-33(25)26)21-10-8-20(9-11-21)24-7-4-16-37-24/h1-11,16-17,28H,12-15,18H2,(H,35,36). The Hall–Kier alpha value is -4.44. The molecule has 1 aliphatic rings. The molecular formula is C27H25N7O2S. The highest BCUT2D eigenvalue weighted by molar-refractivity contribution is 7.13. The van der Waals surface area contributed by atoms with Crippen molar-refractivity contribution >= 4 is 23.1 Å². The number of amides is 1. The van der Waals surface area contributed by atoms with E-state index in [4.69, 9.17) is 10.2 Å². The van der Waals surface area contributed by atoms with Crippen molar-refractivity contribution in [3.8, 4) is 33.2 Å². The van der Waals surface area contributed by atoms with E-state index >= 15 is 0 Å². The molecule has 0 fully saturated rings. The summed E-state index contributed by atoms with van der Waals surface area (Å²) in [5.41, 5.74) is 5.00. The number of fused-ring (bicyclic) bond motifs is 1. The molecule has 0 saturated heterocycles. The maximum atomic E-state index is 11.0. The number of nitrogens with one attached hydrogen (secondary N) is 1. The van der Waals surface area contributed by atoms with Crippen LogP contribution in [-0.2, 0) is 19.6 Å². The number of anilines is 1. The van der Waals surface area contributed by atoms with Crippen molar-refractivity contribution in [1.29, 1.82) is 0 Å². The van der Waals surface area contributed by atoms with Gasteiger partial charge in [-0.1, -0.05) is 48.5 Å². The first-order chi connectivity index (χ1) is 18.2. The topological polar surface area (TPSA) is 101 Å². The smallest absolute Gasteiger partial charge is 0.404 e. The van der Waals surface area contributed by atoms with Gasteiger partial charge < -0.3 is 19.9 Å². The third-order valence-corrected chi connectivity index (χ3v) is 7.39. The van der Waals surface area contributed by atoms with Gasteiger partial charge in [-0.2, -0.15) is 5.10 Å². The van der Waals surface area contributed by atoms with Gasteiger partial charge >= 0.3 is 6.09 Å². The summed E-state index contributed by atoms with van der Waals surface area (Å²) in [4.78, 5) is 14.6. The number of thiophene rings is 1. The number of rotatable bonds is 7. The van der Waals surface area contributed by atoms with E-state index < -0.39 is 6.09 Å². The summed E-state index contributed by atoms with van der Waals surface area (Å²) < 4.78 is 3.95. The normalized spacial score (nSPS) is 12.9. The Morgan fingerprint density at radius 2 is 1.81 bits per heavy atom. The molecule has 1 amide bonds. The fourth-order valence-corrected chi connectivity index (χ4v) is 5.37. The molecule has 5 aromatic rings. The molecule has 6 rings (SSSR count). The van der Waals surface area contributed by atoms with E-state index in [1.807, 2.05) is 41.1 Å². The van der Waals surface area contributed by atoms with Crippen molar-refractivity contribution in [3.63, 3.8) is 0 Å². The van der Waals surface area contributed by atoms with Crippen molar-refractivity contribution < 1.29 is 9.90 Å². The number of hydrogen-bond donors (Lipinski definition) is 2. The van der Waals surface area contributed by atoms with Gasteiger partial charge in [0.15, 0.2) is 11.6 Å². The number of benzene rings is 2. The Morgan fingerprint density at radius 1 is 0.973 bits per heavy atom. The predicted octanol–water partition coefficient (Wildman–Crippen LogP) is 4.82. The van der Waals surface area contributed by atoms with Crippen LogP contribution < -0.4 is 10.2 Å². The van der Waals surface area contributed by atoms with Crippen LogP contribution in [0.25, 0.3) is 33.2 Å². The summed E-state index contributed by atoms with van der Waals surface area (Å²) in [6.45, 7) is 2.86. The van der Waals surface area contributed by atoms with Crippen LogP contribution in [0.3, 0.4) is 0 Å². The van der Waals surface area contributed by atoms with Gasteiger partial charge in [-0.15, -0.1) is 21.5 Å². The van der Waals surface area contributed by atoms with Gasteiger partial charge in [-0.05, 0) is 35.2 Å². The summed E-state index contributed by atoms with van der Waals surface area (Å²) >= 11 is 1.74. The fraction of sp³-hybridized carbons (Fsp3) is 0.185. The molecule has 0 spiro atoms. The molecular weight excluding hydrogens is 486 g/mol. The predicted molar refractivity (Wildman–Crippen MR) is 144 cm³/mol. The van der Waals surface area contributed by atoms with E-state index in [0.717, 1.165) is 47.4 Å². The van der Waals surface area contributed by atoms with Gasteiger partial charge in [0.2, 0.25) is 0 Å². The zero-order valence-corrected chi connectivity index (χ0v) is 20.8. The summed E-state index contributed by atoms with van der Waals surface area (Å²) in [6, 6.07) is 24.8. The van der Waals surface area contributed by atoms with Gasteiger partial charge in [-0.3, -0.25) is 4.68 Å². The lowest BCUT2D eigenvalue weighted by atomic mass is 10.1. The molecule has 4 heterocycles. The molecule has 0 aliphatic carbocycles. The highest BCUT2D eigenvalue weighted by Crippen LogP contribution is 2.30. The maximum absolute atomic E-state index is 11.0. The van der Waals surface area contributed by atoms with Crippen LogP contribution in [0, 0.1) is 0 Å². The number of aromatic nitrogens is 5. The first-order valence-corrected chi connectivity index (χ1v) is 12.9. The SMILES string of the molecule is O=C(O)NCCn1nc(-c2ccccc2)cc1-c1nnc2n1CCN(c1ccc(-c3cccs3)cc1)C2. The van der Waals surface area contributed by atoms with Gasteiger partial charge in [-0.25, -0.2) is 4.79 Å². The highest BCUT2D eigenvalue weighted by Gasteiger charge is 2.25. The summed E-state index contributed by atoms with van der Waals surface area (Å²) in [5.74, 6) is 1.63. The molecule has 9 nitrogen and oxygen atoms in total. The molecule has 186 valence electrons. The van der Waals surface area contributed by atoms with E-state index in [2.05, 4.69) is 66.8 Å². The van der Waals surface area contributed by atoms with Crippen LogP contribution in [0.4, 0.5) is 10.5 Å². The van der Waals surface area contributed by atoms with E-state index in [9.17, 15) is 4.79 Å². The minimum absolute atomic E-state index is 0.245. The zero-order valence-electron chi connectivity index (χ0n) is 20.0. The minimum Gasteiger partial charge on any atom is -0.465 e. The second-order valence-electron chi connectivity index (χ2n) is 8.77.